The van der Waals surface area contributed by atoms with Crippen molar-refractivity contribution in [3.05, 3.63) is 23.4 Å². The van der Waals surface area contributed by atoms with Crippen molar-refractivity contribution in [2.75, 3.05) is 51.2 Å². The van der Waals surface area contributed by atoms with E-state index < -0.39 is 0 Å². The predicted molar refractivity (Wildman–Crippen MR) is 114 cm³/mol. The number of anilines is 1. The van der Waals surface area contributed by atoms with Gasteiger partial charge in [-0.3, -0.25) is 4.99 Å². The van der Waals surface area contributed by atoms with E-state index in [1.54, 1.807) is 6.20 Å². The molecule has 1 aromatic heterocycles. The van der Waals surface area contributed by atoms with Gasteiger partial charge in [-0.2, -0.15) is 0 Å². The van der Waals surface area contributed by atoms with E-state index >= 15 is 0 Å². The minimum absolute atomic E-state index is 0.363. The van der Waals surface area contributed by atoms with E-state index in [-0.39, 0.29) is 0 Å². The van der Waals surface area contributed by atoms with Gasteiger partial charge in [0.25, 0.3) is 0 Å². The number of piperidine rings is 1. The van der Waals surface area contributed by atoms with E-state index in [1.807, 2.05) is 19.2 Å². The Kier molecular flexibility index (Phi) is 7.59. The number of guanidine groups is 1. The van der Waals surface area contributed by atoms with Crippen molar-refractivity contribution >= 4 is 23.4 Å². The number of nitrogens with one attached hydrogen (secondary N) is 2. The van der Waals surface area contributed by atoms with E-state index in [0.29, 0.717) is 6.04 Å². The molecule has 2 aliphatic rings. The summed E-state index contributed by atoms with van der Waals surface area (Å²) >= 11 is 6.28. The number of halogens is 1. The summed E-state index contributed by atoms with van der Waals surface area (Å²) in [5.41, 5.74) is 0. The molecule has 0 saturated carbocycles. The van der Waals surface area contributed by atoms with Gasteiger partial charge in [0, 0.05) is 38.9 Å². The molecule has 150 valence electrons. The molecule has 6 nitrogen and oxygen atoms in total. The van der Waals surface area contributed by atoms with Crippen molar-refractivity contribution in [1.29, 1.82) is 0 Å². The maximum atomic E-state index is 6.28. The fraction of sp³-hybridized carbons (Fsp3) is 0.700. The lowest BCUT2D eigenvalue weighted by Crippen LogP contribution is -2.45. The Hall–Kier alpha value is -1.53. The molecular weight excluding hydrogens is 360 g/mol. The Labute approximate surface area is 168 Å². The van der Waals surface area contributed by atoms with Crippen LogP contribution in [-0.4, -0.2) is 68.2 Å². The van der Waals surface area contributed by atoms with Gasteiger partial charge in [0.15, 0.2) is 5.96 Å². The zero-order valence-corrected chi connectivity index (χ0v) is 17.4. The largest absolute Gasteiger partial charge is 0.356 e. The van der Waals surface area contributed by atoms with Crippen LogP contribution in [0.2, 0.25) is 5.02 Å². The minimum atomic E-state index is 0.363. The highest BCUT2D eigenvalue weighted by molar-refractivity contribution is 6.32. The topological polar surface area (TPSA) is 55.8 Å². The summed E-state index contributed by atoms with van der Waals surface area (Å²) in [6.07, 6.45) is 6.73. The third-order valence-corrected chi connectivity index (χ3v) is 6.09. The average molecular weight is 393 g/mol. The van der Waals surface area contributed by atoms with Crippen LogP contribution in [0.15, 0.2) is 23.3 Å². The molecule has 1 atom stereocenters. The fourth-order valence-corrected chi connectivity index (χ4v) is 4.30. The Morgan fingerprint density at radius 2 is 2.11 bits per heavy atom. The minimum Gasteiger partial charge on any atom is -0.356 e. The van der Waals surface area contributed by atoms with Crippen LogP contribution in [0.1, 0.15) is 32.6 Å². The second kappa shape index (κ2) is 10.1. The number of aromatic nitrogens is 1. The summed E-state index contributed by atoms with van der Waals surface area (Å²) in [7, 11) is 1.84. The highest BCUT2D eigenvalue weighted by Gasteiger charge is 2.25. The van der Waals surface area contributed by atoms with Gasteiger partial charge in [0.2, 0.25) is 0 Å². The lowest BCUT2D eigenvalue weighted by atomic mass is 9.93. The maximum absolute atomic E-state index is 6.28. The number of hydrogen-bond acceptors (Lipinski definition) is 4. The number of pyridine rings is 1. The molecule has 1 aromatic rings. The van der Waals surface area contributed by atoms with Gasteiger partial charge in [-0.15, -0.1) is 0 Å². The van der Waals surface area contributed by atoms with Crippen LogP contribution in [0.3, 0.4) is 0 Å². The lowest BCUT2D eigenvalue weighted by Gasteiger charge is -2.31. The van der Waals surface area contributed by atoms with Gasteiger partial charge >= 0.3 is 0 Å². The van der Waals surface area contributed by atoms with Gasteiger partial charge in [-0.05, 0) is 63.4 Å². The van der Waals surface area contributed by atoms with Crippen molar-refractivity contribution in [1.82, 2.24) is 20.5 Å². The van der Waals surface area contributed by atoms with E-state index in [2.05, 4.69) is 37.3 Å². The molecule has 0 aliphatic carbocycles. The zero-order chi connectivity index (χ0) is 19.1. The molecule has 0 aromatic carbocycles. The Bertz CT molecular complexity index is 614. The van der Waals surface area contributed by atoms with E-state index in [9.17, 15) is 0 Å². The number of aliphatic imine (C=N–C) groups is 1. The van der Waals surface area contributed by atoms with Crippen LogP contribution in [0.25, 0.3) is 0 Å². The smallest absolute Gasteiger partial charge is 0.191 e. The molecule has 0 amide bonds. The summed E-state index contributed by atoms with van der Waals surface area (Å²) in [4.78, 5) is 13.6. The van der Waals surface area contributed by atoms with Crippen molar-refractivity contribution in [2.45, 2.75) is 38.6 Å². The van der Waals surface area contributed by atoms with E-state index in [0.717, 1.165) is 48.8 Å². The molecule has 3 rings (SSSR count). The van der Waals surface area contributed by atoms with Crippen LogP contribution in [0.5, 0.6) is 0 Å². The Balaban J connectivity index is 1.39. The number of nitrogens with zero attached hydrogens (tertiary/aromatic N) is 4. The quantitative estimate of drug-likeness (QED) is 0.575. The monoisotopic (exact) mass is 392 g/mol. The molecule has 0 radical (unpaired) electrons. The number of rotatable bonds is 6. The zero-order valence-electron chi connectivity index (χ0n) is 16.6. The molecule has 0 spiro atoms. The Morgan fingerprint density at radius 1 is 1.30 bits per heavy atom. The molecule has 1 unspecified atom stereocenters. The third-order valence-electron chi connectivity index (χ3n) is 5.79. The van der Waals surface area contributed by atoms with E-state index in [1.165, 1.54) is 38.9 Å². The molecule has 2 fully saturated rings. The summed E-state index contributed by atoms with van der Waals surface area (Å²) in [6, 6.07) is 4.13. The summed E-state index contributed by atoms with van der Waals surface area (Å²) in [5.74, 6) is 2.62. The SMILES string of the molecule is CCN1CCC(CCNC(=NC)NC2CCN(c3ncccc3Cl)C2)CC1. The van der Waals surface area contributed by atoms with Crippen molar-refractivity contribution in [3.63, 3.8) is 0 Å². The first kappa shape index (κ1) is 20.2. The second-order valence-electron chi connectivity index (χ2n) is 7.55. The maximum Gasteiger partial charge on any atom is 0.191 e. The first-order valence-corrected chi connectivity index (χ1v) is 10.6. The second-order valence-corrected chi connectivity index (χ2v) is 7.96. The number of likely N-dealkylation sites (tertiary alicyclic amines) is 1. The van der Waals surface area contributed by atoms with E-state index in [4.69, 9.17) is 11.6 Å². The lowest BCUT2D eigenvalue weighted by molar-refractivity contribution is 0.187. The van der Waals surface area contributed by atoms with Gasteiger partial charge in [-0.1, -0.05) is 18.5 Å². The van der Waals surface area contributed by atoms with Crippen LogP contribution >= 0.6 is 11.6 Å². The standard InChI is InChI=1S/C20H33ClN6/c1-3-26-12-7-16(8-13-26)6-11-24-20(22-2)25-17-9-14-27(15-17)19-18(21)5-4-10-23-19/h4-5,10,16-17H,3,6-9,11-15H2,1-2H3,(H2,22,24,25). The number of hydrogen-bond donors (Lipinski definition) is 2. The average Bonchev–Trinajstić information content (AvgIpc) is 3.16. The summed E-state index contributed by atoms with van der Waals surface area (Å²) < 4.78 is 0. The van der Waals surface area contributed by atoms with Crippen LogP contribution < -0.4 is 15.5 Å². The third kappa shape index (κ3) is 5.72. The van der Waals surface area contributed by atoms with Crippen LogP contribution in [0, 0.1) is 5.92 Å². The van der Waals surface area contributed by atoms with Crippen LogP contribution in [0.4, 0.5) is 5.82 Å². The molecular formula is C20H33ClN6. The Morgan fingerprint density at radius 3 is 2.81 bits per heavy atom. The fourth-order valence-electron chi connectivity index (χ4n) is 4.05. The van der Waals surface area contributed by atoms with Gasteiger partial charge in [0.05, 0.1) is 5.02 Å². The van der Waals surface area contributed by atoms with Crippen molar-refractivity contribution in [2.24, 2.45) is 10.9 Å². The normalized spacial score (nSPS) is 22.3. The first-order valence-electron chi connectivity index (χ1n) is 10.2. The molecule has 0 bridgehead atoms. The predicted octanol–water partition coefficient (Wildman–Crippen LogP) is 2.60. The molecule has 2 saturated heterocycles. The summed E-state index contributed by atoms with van der Waals surface area (Å²) in [5, 5.41) is 7.77. The molecule has 2 aliphatic heterocycles. The molecule has 27 heavy (non-hydrogen) atoms. The molecule has 3 heterocycles. The highest BCUT2D eigenvalue weighted by Crippen LogP contribution is 2.25. The molecule has 2 N–H and O–H groups in total. The van der Waals surface area contributed by atoms with Crippen molar-refractivity contribution < 1.29 is 0 Å². The van der Waals surface area contributed by atoms with Gasteiger partial charge in [0.1, 0.15) is 5.82 Å². The summed E-state index contributed by atoms with van der Waals surface area (Å²) in [6.45, 7) is 8.78. The van der Waals surface area contributed by atoms with Crippen LogP contribution in [-0.2, 0) is 0 Å². The van der Waals surface area contributed by atoms with Gasteiger partial charge < -0.3 is 20.4 Å². The first-order chi connectivity index (χ1) is 13.2. The van der Waals surface area contributed by atoms with Crippen molar-refractivity contribution in [3.8, 4) is 0 Å². The molecule has 7 heteroatoms. The highest BCUT2D eigenvalue weighted by atomic mass is 35.5. The van der Waals surface area contributed by atoms with Gasteiger partial charge in [-0.25, -0.2) is 4.98 Å².